The van der Waals surface area contributed by atoms with Crippen LogP contribution in [-0.4, -0.2) is 12.1 Å². The molecule has 0 bridgehead atoms. The SMILES string of the molecule is COc1cc(Cl)c(-c2nc(NC(CC3CC3)c3ccc(C)c(F)c3)sc2C)cc1C. The smallest absolute Gasteiger partial charge is 0.183 e. The van der Waals surface area contributed by atoms with E-state index in [2.05, 4.69) is 12.2 Å². The minimum absolute atomic E-state index is 0.0408. The molecular formula is C24H26ClFN2OS. The van der Waals surface area contributed by atoms with E-state index >= 15 is 0 Å². The van der Waals surface area contributed by atoms with Crippen molar-refractivity contribution in [3.63, 3.8) is 0 Å². The molecule has 1 atom stereocenters. The van der Waals surface area contributed by atoms with Crippen LogP contribution in [0.3, 0.4) is 0 Å². The molecule has 0 aliphatic heterocycles. The number of ether oxygens (including phenoxy) is 1. The molecule has 3 aromatic rings. The lowest BCUT2D eigenvalue weighted by atomic mass is 10.00. The van der Waals surface area contributed by atoms with Gasteiger partial charge in [0.1, 0.15) is 11.6 Å². The third-order valence-electron chi connectivity index (χ3n) is 5.70. The van der Waals surface area contributed by atoms with Crippen molar-refractivity contribution < 1.29 is 9.13 Å². The number of nitrogens with zero attached hydrogens (tertiary/aromatic N) is 1. The lowest BCUT2D eigenvalue weighted by Crippen LogP contribution is -2.12. The Morgan fingerprint density at radius 3 is 2.63 bits per heavy atom. The summed E-state index contributed by atoms with van der Waals surface area (Å²) < 4.78 is 19.6. The first-order valence-electron chi connectivity index (χ1n) is 10.2. The lowest BCUT2D eigenvalue weighted by molar-refractivity contribution is 0.412. The molecule has 1 heterocycles. The van der Waals surface area contributed by atoms with Crippen molar-refractivity contribution >= 4 is 28.1 Å². The topological polar surface area (TPSA) is 34.1 Å². The van der Waals surface area contributed by atoms with Crippen molar-refractivity contribution in [1.82, 2.24) is 4.98 Å². The highest BCUT2D eigenvalue weighted by Gasteiger charge is 2.27. The molecule has 0 saturated heterocycles. The summed E-state index contributed by atoms with van der Waals surface area (Å²) in [5.74, 6) is 1.30. The quantitative estimate of drug-likeness (QED) is 0.409. The fourth-order valence-electron chi connectivity index (χ4n) is 3.71. The summed E-state index contributed by atoms with van der Waals surface area (Å²) in [4.78, 5) is 5.95. The van der Waals surface area contributed by atoms with Crippen molar-refractivity contribution in [3.05, 3.63) is 62.7 Å². The molecule has 1 saturated carbocycles. The van der Waals surface area contributed by atoms with E-state index in [9.17, 15) is 4.39 Å². The Bertz CT molecular complexity index is 1080. The highest BCUT2D eigenvalue weighted by Crippen LogP contribution is 2.42. The van der Waals surface area contributed by atoms with Crippen molar-refractivity contribution in [2.75, 3.05) is 12.4 Å². The number of hydrogen-bond acceptors (Lipinski definition) is 4. The maximum atomic E-state index is 14.2. The summed E-state index contributed by atoms with van der Waals surface area (Å²) in [6.45, 7) is 5.84. The number of rotatable bonds is 7. The van der Waals surface area contributed by atoms with Crippen molar-refractivity contribution in [2.45, 2.75) is 46.1 Å². The third kappa shape index (κ3) is 4.47. The van der Waals surface area contributed by atoms with Gasteiger partial charge < -0.3 is 10.1 Å². The van der Waals surface area contributed by atoms with Gasteiger partial charge in [-0.15, -0.1) is 11.3 Å². The number of halogens is 2. The van der Waals surface area contributed by atoms with Gasteiger partial charge in [0.15, 0.2) is 5.13 Å². The fourth-order valence-corrected chi connectivity index (χ4v) is 4.84. The second kappa shape index (κ2) is 8.56. The van der Waals surface area contributed by atoms with Gasteiger partial charge in [-0.2, -0.15) is 0 Å². The van der Waals surface area contributed by atoms with Crippen molar-refractivity contribution in [3.8, 4) is 17.0 Å². The molecule has 1 aliphatic carbocycles. The number of thiazole rings is 1. The van der Waals surface area contributed by atoms with E-state index in [0.29, 0.717) is 16.5 Å². The summed E-state index contributed by atoms with van der Waals surface area (Å²) in [6.07, 6.45) is 3.48. The van der Waals surface area contributed by atoms with Crippen molar-refractivity contribution in [1.29, 1.82) is 0 Å². The largest absolute Gasteiger partial charge is 0.496 e. The van der Waals surface area contributed by atoms with E-state index in [-0.39, 0.29) is 11.9 Å². The van der Waals surface area contributed by atoms with Gasteiger partial charge in [0.2, 0.25) is 0 Å². The predicted molar refractivity (Wildman–Crippen MR) is 123 cm³/mol. The standard InChI is InChI=1S/C24H26ClFN2OS/c1-13-5-8-17(11-20(13)26)21(10-16-6-7-16)27-24-28-23(15(3)30-24)18-9-14(2)22(29-4)12-19(18)25/h5,8-9,11-12,16,21H,6-7,10H2,1-4H3,(H,27,28). The van der Waals surface area contributed by atoms with E-state index < -0.39 is 0 Å². The maximum Gasteiger partial charge on any atom is 0.183 e. The zero-order valence-corrected chi connectivity index (χ0v) is 19.3. The zero-order chi connectivity index (χ0) is 21.4. The number of benzene rings is 2. The fraction of sp³-hybridized carbons (Fsp3) is 0.375. The summed E-state index contributed by atoms with van der Waals surface area (Å²) in [6, 6.07) is 9.42. The Balaban J connectivity index is 1.64. The average Bonchev–Trinajstić information content (AvgIpc) is 3.46. The van der Waals surface area contributed by atoms with Crippen molar-refractivity contribution in [2.24, 2.45) is 5.92 Å². The van der Waals surface area contributed by atoms with Gasteiger partial charge in [-0.3, -0.25) is 0 Å². The van der Waals surface area contributed by atoms with Crippen LogP contribution in [-0.2, 0) is 0 Å². The van der Waals surface area contributed by atoms with Gasteiger partial charge >= 0.3 is 0 Å². The zero-order valence-electron chi connectivity index (χ0n) is 17.7. The Labute approximate surface area is 186 Å². The molecule has 1 aromatic heterocycles. The average molecular weight is 445 g/mol. The molecule has 1 N–H and O–H groups in total. The van der Waals surface area contributed by atoms with E-state index in [0.717, 1.165) is 44.6 Å². The summed E-state index contributed by atoms with van der Waals surface area (Å²) in [5.41, 5.74) is 4.43. The van der Waals surface area contributed by atoms with E-state index in [1.807, 2.05) is 31.2 Å². The molecule has 4 rings (SSSR count). The third-order valence-corrected chi connectivity index (χ3v) is 6.91. The molecule has 158 valence electrons. The lowest BCUT2D eigenvalue weighted by Gasteiger charge is -2.19. The van der Waals surface area contributed by atoms with Crippen LogP contribution in [0.25, 0.3) is 11.3 Å². The van der Waals surface area contributed by atoms with E-state index in [4.69, 9.17) is 21.3 Å². The minimum atomic E-state index is -0.161. The monoisotopic (exact) mass is 444 g/mol. The van der Waals surface area contributed by atoms with E-state index in [1.165, 1.54) is 12.8 Å². The second-order valence-electron chi connectivity index (χ2n) is 8.11. The minimum Gasteiger partial charge on any atom is -0.496 e. The number of methoxy groups -OCH3 is 1. The molecule has 2 aromatic carbocycles. The number of hydrogen-bond donors (Lipinski definition) is 1. The highest BCUT2D eigenvalue weighted by atomic mass is 35.5. The van der Waals surface area contributed by atoms with Crippen LogP contribution in [0.5, 0.6) is 5.75 Å². The molecule has 1 fully saturated rings. The van der Waals surface area contributed by atoms with Gasteiger partial charge in [-0.05, 0) is 68.0 Å². The normalized spacial score (nSPS) is 14.6. The van der Waals surface area contributed by atoms with Crippen LogP contribution in [0.4, 0.5) is 9.52 Å². The molecule has 3 nitrogen and oxygen atoms in total. The molecule has 30 heavy (non-hydrogen) atoms. The van der Waals surface area contributed by atoms with Crippen LogP contribution in [0, 0.1) is 32.5 Å². The molecule has 0 spiro atoms. The van der Waals surface area contributed by atoms with Crippen LogP contribution in [0.2, 0.25) is 5.02 Å². The number of anilines is 1. The Kier molecular flexibility index (Phi) is 6.03. The predicted octanol–water partition coefficient (Wildman–Crippen LogP) is 7.49. The number of aryl methyl sites for hydroxylation is 3. The van der Waals surface area contributed by atoms with Gasteiger partial charge in [-0.25, -0.2) is 9.37 Å². The Hall–Kier alpha value is -2.11. The van der Waals surface area contributed by atoms with Gasteiger partial charge in [0.25, 0.3) is 0 Å². The highest BCUT2D eigenvalue weighted by molar-refractivity contribution is 7.16. The molecule has 1 aliphatic rings. The van der Waals surface area contributed by atoms with Gasteiger partial charge in [-0.1, -0.05) is 36.6 Å². The summed E-state index contributed by atoms with van der Waals surface area (Å²) in [7, 11) is 1.64. The molecular weight excluding hydrogens is 419 g/mol. The first-order valence-corrected chi connectivity index (χ1v) is 11.4. The van der Waals surface area contributed by atoms with E-state index in [1.54, 1.807) is 31.4 Å². The number of aromatic nitrogens is 1. The molecule has 1 unspecified atom stereocenters. The van der Waals surface area contributed by atoms with Crippen LogP contribution < -0.4 is 10.1 Å². The van der Waals surface area contributed by atoms with Gasteiger partial charge in [0, 0.05) is 10.4 Å². The summed E-state index contributed by atoms with van der Waals surface area (Å²) in [5, 5.41) is 5.02. The Morgan fingerprint density at radius 1 is 1.20 bits per heavy atom. The number of nitrogens with one attached hydrogen (secondary N) is 1. The molecule has 6 heteroatoms. The molecule has 0 radical (unpaired) electrons. The second-order valence-corrected chi connectivity index (χ2v) is 9.72. The molecule has 0 amide bonds. The summed E-state index contributed by atoms with van der Waals surface area (Å²) >= 11 is 8.14. The van der Waals surface area contributed by atoms with Crippen LogP contribution >= 0.6 is 22.9 Å². The first kappa shape index (κ1) is 21.1. The first-order chi connectivity index (χ1) is 14.4. The van der Waals surface area contributed by atoms with Gasteiger partial charge in [0.05, 0.1) is 23.9 Å². The van der Waals surface area contributed by atoms with Crippen LogP contribution in [0.15, 0.2) is 30.3 Å². The van der Waals surface area contributed by atoms with Crippen LogP contribution in [0.1, 0.15) is 46.9 Å². The Morgan fingerprint density at radius 2 is 1.97 bits per heavy atom. The maximum absolute atomic E-state index is 14.2.